The molecule has 3 heterocycles. The number of hydrogen-bond donors (Lipinski definition) is 0. The third-order valence-electron chi connectivity index (χ3n) is 6.76. The van der Waals surface area contributed by atoms with Crippen LogP contribution in [-0.2, 0) is 6.61 Å². The minimum absolute atomic E-state index is 0.0987. The maximum atomic E-state index is 12.7. The smallest absolute Gasteiger partial charge is 0.258 e. The highest BCUT2D eigenvalue weighted by molar-refractivity contribution is 6.13. The van der Waals surface area contributed by atoms with Gasteiger partial charge in [-0.05, 0) is 66.9 Å². The van der Waals surface area contributed by atoms with Crippen LogP contribution in [0.3, 0.4) is 0 Å². The van der Waals surface area contributed by atoms with Gasteiger partial charge in [0.2, 0.25) is 0 Å². The first-order chi connectivity index (χ1) is 15.5. The lowest BCUT2D eigenvalue weighted by atomic mass is 9.72. The summed E-state index contributed by atoms with van der Waals surface area (Å²) in [5.74, 6) is 0.581. The Labute approximate surface area is 193 Å². The normalized spacial score (nSPS) is 17.9. The van der Waals surface area contributed by atoms with Crippen molar-refractivity contribution in [2.24, 2.45) is 5.41 Å². The molecule has 2 aliphatic heterocycles. The highest BCUT2D eigenvalue weighted by Crippen LogP contribution is 2.43. The van der Waals surface area contributed by atoms with Gasteiger partial charge in [0.1, 0.15) is 12.4 Å². The minimum Gasteiger partial charge on any atom is -0.489 e. The number of ether oxygens (including phenoxy) is 1. The summed E-state index contributed by atoms with van der Waals surface area (Å²) in [6.45, 7) is 6.69. The number of aryl methyl sites for hydroxylation is 1. The molecular weight excluding hydrogens is 422 g/mol. The monoisotopic (exact) mass is 449 g/mol. The topological polar surface area (TPSA) is 37.7 Å². The average molecular weight is 450 g/mol. The van der Waals surface area contributed by atoms with E-state index in [0.717, 1.165) is 50.3 Å². The fraction of sp³-hybridized carbons (Fsp3) is 0.346. The number of benzene rings is 2. The van der Waals surface area contributed by atoms with Gasteiger partial charge in [-0.15, -0.1) is 0 Å². The van der Waals surface area contributed by atoms with E-state index in [-0.39, 0.29) is 5.56 Å². The zero-order chi connectivity index (χ0) is 22.1. The molecule has 0 unspecified atom stereocenters. The third kappa shape index (κ3) is 4.27. The summed E-state index contributed by atoms with van der Waals surface area (Å²) in [5, 5.41) is 0. The van der Waals surface area contributed by atoms with Gasteiger partial charge in [0.15, 0.2) is 0 Å². The van der Waals surface area contributed by atoms with Crippen molar-refractivity contribution in [3.63, 3.8) is 0 Å². The standard InChI is InChI=1S/C26H28ClN3O2/c1-20-15-22(7-8-24(20)28-18-26(19-28)10-13-29(27)14-11-26)30-12-9-23(16-25(30)31)32-17-21-5-3-2-4-6-21/h2-9,12,15-16H,10-11,13-14,17-19H2,1H3. The molecule has 0 aliphatic carbocycles. The largest absolute Gasteiger partial charge is 0.489 e. The van der Waals surface area contributed by atoms with Gasteiger partial charge in [0.25, 0.3) is 5.56 Å². The SMILES string of the molecule is Cc1cc(-n2ccc(OCc3ccccc3)cc2=O)ccc1N1CC2(CCN(Cl)CC2)C1. The molecule has 1 aromatic heterocycles. The Morgan fingerprint density at radius 1 is 1.00 bits per heavy atom. The van der Waals surface area contributed by atoms with Crippen LogP contribution in [0.2, 0.25) is 0 Å². The quantitative estimate of drug-likeness (QED) is 0.525. The van der Waals surface area contributed by atoms with Crippen LogP contribution in [0.5, 0.6) is 5.75 Å². The van der Waals surface area contributed by atoms with Crippen LogP contribution in [-0.4, -0.2) is 35.2 Å². The summed E-state index contributed by atoms with van der Waals surface area (Å²) >= 11 is 6.13. The zero-order valence-corrected chi connectivity index (χ0v) is 19.1. The van der Waals surface area contributed by atoms with Crippen molar-refractivity contribution in [2.45, 2.75) is 26.4 Å². The van der Waals surface area contributed by atoms with Gasteiger partial charge in [0, 0.05) is 55.2 Å². The Hall–Kier alpha value is -2.76. The molecule has 3 aromatic rings. The van der Waals surface area contributed by atoms with E-state index in [1.807, 2.05) is 46.9 Å². The van der Waals surface area contributed by atoms with Gasteiger partial charge < -0.3 is 9.64 Å². The van der Waals surface area contributed by atoms with Gasteiger partial charge in [0.05, 0.1) is 0 Å². The van der Waals surface area contributed by atoms with E-state index in [2.05, 4.69) is 24.0 Å². The molecule has 0 N–H and O–H groups in total. The van der Waals surface area contributed by atoms with E-state index in [1.165, 1.54) is 11.3 Å². The number of pyridine rings is 1. The average Bonchev–Trinajstić information content (AvgIpc) is 2.78. The molecule has 1 spiro atoms. The van der Waals surface area contributed by atoms with Crippen molar-refractivity contribution in [2.75, 3.05) is 31.1 Å². The van der Waals surface area contributed by atoms with Crippen molar-refractivity contribution < 1.29 is 4.74 Å². The van der Waals surface area contributed by atoms with Crippen molar-refractivity contribution >= 4 is 17.5 Å². The van der Waals surface area contributed by atoms with Crippen LogP contribution in [0.25, 0.3) is 5.69 Å². The van der Waals surface area contributed by atoms with Crippen molar-refractivity contribution in [3.8, 4) is 11.4 Å². The van der Waals surface area contributed by atoms with E-state index in [4.69, 9.17) is 16.5 Å². The molecule has 0 saturated carbocycles. The Balaban J connectivity index is 1.26. The van der Waals surface area contributed by atoms with E-state index >= 15 is 0 Å². The summed E-state index contributed by atoms with van der Waals surface area (Å²) in [7, 11) is 0. The number of halogens is 1. The minimum atomic E-state index is -0.0987. The molecule has 0 bridgehead atoms. The number of anilines is 1. The first kappa shape index (κ1) is 21.1. The molecule has 2 saturated heterocycles. The lowest BCUT2D eigenvalue weighted by Gasteiger charge is -2.54. The summed E-state index contributed by atoms with van der Waals surface area (Å²) in [6.07, 6.45) is 4.12. The van der Waals surface area contributed by atoms with Crippen molar-refractivity contribution in [3.05, 3.63) is 88.3 Å². The second kappa shape index (κ2) is 8.64. The van der Waals surface area contributed by atoms with E-state index in [9.17, 15) is 4.79 Å². The maximum Gasteiger partial charge on any atom is 0.258 e. The van der Waals surface area contributed by atoms with Gasteiger partial charge >= 0.3 is 0 Å². The molecular formula is C26H28ClN3O2. The lowest BCUT2D eigenvalue weighted by Crippen LogP contribution is -2.60. The number of piperidine rings is 1. The van der Waals surface area contributed by atoms with Crippen LogP contribution in [0.4, 0.5) is 5.69 Å². The number of rotatable bonds is 5. The van der Waals surface area contributed by atoms with Gasteiger partial charge in [-0.1, -0.05) is 30.3 Å². The fourth-order valence-corrected chi connectivity index (χ4v) is 5.02. The molecule has 166 valence electrons. The molecule has 32 heavy (non-hydrogen) atoms. The molecule has 0 atom stereocenters. The number of aromatic nitrogens is 1. The van der Waals surface area contributed by atoms with E-state index in [1.54, 1.807) is 16.8 Å². The Morgan fingerprint density at radius 3 is 2.44 bits per heavy atom. The van der Waals surface area contributed by atoms with E-state index < -0.39 is 0 Å². The molecule has 0 radical (unpaired) electrons. The Morgan fingerprint density at radius 2 is 1.75 bits per heavy atom. The first-order valence-electron chi connectivity index (χ1n) is 11.2. The predicted octanol–water partition coefficient (Wildman–Crippen LogP) is 4.78. The van der Waals surface area contributed by atoms with Crippen LogP contribution in [0.1, 0.15) is 24.0 Å². The first-order valence-corrected chi connectivity index (χ1v) is 11.5. The summed E-state index contributed by atoms with van der Waals surface area (Å²) in [6, 6.07) is 19.6. The number of nitrogens with zero attached hydrogens (tertiary/aromatic N) is 3. The molecule has 2 fully saturated rings. The second-order valence-corrected chi connectivity index (χ2v) is 9.56. The van der Waals surface area contributed by atoms with Crippen LogP contribution in [0.15, 0.2) is 71.7 Å². The van der Waals surface area contributed by atoms with Crippen LogP contribution in [0, 0.1) is 12.3 Å². The molecule has 2 aromatic carbocycles. The van der Waals surface area contributed by atoms with E-state index in [0.29, 0.717) is 17.8 Å². The van der Waals surface area contributed by atoms with Crippen LogP contribution >= 0.6 is 11.8 Å². The van der Waals surface area contributed by atoms with Crippen molar-refractivity contribution in [1.82, 2.24) is 8.99 Å². The molecule has 0 amide bonds. The third-order valence-corrected chi connectivity index (χ3v) is 7.10. The second-order valence-electron chi connectivity index (χ2n) is 9.08. The Kier molecular flexibility index (Phi) is 5.70. The fourth-order valence-electron chi connectivity index (χ4n) is 4.85. The highest BCUT2D eigenvalue weighted by atomic mass is 35.5. The Bertz CT molecular complexity index is 1150. The summed E-state index contributed by atoms with van der Waals surface area (Å²) in [5.41, 5.74) is 4.70. The van der Waals surface area contributed by atoms with Crippen molar-refractivity contribution in [1.29, 1.82) is 0 Å². The molecule has 5 rings (SSSR count). The molecule has 2 aliphatic rings. The zero-order valence-electron chi connectivity index (χ0n) is 18.3. The van der Waals surface area contributed by atoms with Crippen LogP contribution < -0.4 is 15.2 Å². The summed E-state index contributed by atoms with van der Waals surface area (Å²) in [4.78, 5) is 15.2. The van der Waals surface area contributed by atoms with Gasteiger partial charge in [-0.2, -0.15) is 0 Å². The lowest BCUT2D eigenvalue weighted by molar-refractivity contribution is 0.116. The number of hydrogen-bond acceptors (Lipinski definition) is 4. The van der Waals surface area contributed by atoms with Gasteiger partial charge in [-0.25, -0.2) is 4.42 Å². The molecule has 6 heteroatoms. The predicted molar refractivity (Wildman–Crippen MR) is 129 cm³/mol. The highest BCUT2D eigenvalue weighted by Gasteiger charge is 2.45. The summed E-state index contributed by atoms with van der Waals surface area (Å²) < 4.78 is 9.36. The van der Waals surface area contributed by atoms with Gasteiger partial charge in [-0.3, -0.25) is 9.36 Å². The maximum absolute atomic E-state index is 12.7. The molecule has 5 nitrogen and oxygen atoms in total.